The van der Waals surface area contributed by atoms with Crippen molar-refractivity contribution < 1.29 is 4.39 Å². The monoisotopic (exact) mass is 287 g/mol. The molecule has 108 valence electrons. The van der Waals surface area contributed by atoms with Crippen molar-refractivity contribution >= 4 is 17.0 Å². The second kappa shape index (κ2) is 5.35. The molecule has 7 heteroatoms. The van der Waals surface area contributed by atoms with E-state index in [-0.39, 0.29) is 11.5 Å². The van der Waals surface area contributed by atoms with Gasteiger partial charge in [-0.1, -0.05) is 18.2 Å². The van der Waals surface area contributed by atoms with Crippen LogP contribution in [0.25, 0.3) is 16.7 Å². The van der Waals surface area contributed by atoms with E-state index in [1.807, 2.05) is 30.3 Å². The number of H-pyrrole nitrogens is 1. The molecule has 0 unspecified atom stereocenters. The number of fused-ring (bicyclic) bond motifs is 1. The second-order valence-electron chi connectivity index (χ2n) is 4.74. The van der Waals surface area contributed by atoms with E-state index in [9.17, 15) is 9.18 Å². The fraction of sp³-hybridized carbons (Fsp3) is 0.214. The average molecular weight is 287 g/mol. The molecule has 0 aliphatic rings. The molecular weight excluding hydrogens is 273 g/mol. The summed E-state index contributed by atoms with van der Waals surface area (Å²) in [6.45, 7) is 1.11. The van der Waals surface area contributed by atoms with Gasteiger partial charge in [0.15, 0.2) is 5.65 Å². The van der Waals surface area contributed by atoms with Crippen LogP contribution in [0.1, 0.15) is 6.92 Å². The lowest BCUT2D eigenvalue weighted by atomic mass is 10.3. The van der Waals surface area contributed by atoms with Crippen molar-refractivity contribution in [2.45, 2.75) is 13.0 Å². The van der Waals surface area contributed by atoms with Gasteiger partial charge in [-0.25, -0.2) is 9.07 Å². The number of benzene rings is 1. The highest BCUT2D eigenvalue weighted by Crippen LogP contribution is 2.14. The highest BCUT2D eigenvalue weighted by molar-refractivity contribution is 5.76. The Kier molecular flexibility index (Phi) is 3.39. The molecule has 0 fully saturated rings. The van der Waals surface area contributed by atoms with Gasteiger partial charge in [0, 0.05) is 0 Å². The van der Waals surface area contributed by atoms with E-state index in [0.717, 1.165) is 5.69 Å². The number of nitrogens with zero attached hydrogens (tertiary/aromatic N) is 3. The van der Waals surface area contributed by atoms with Gasteiger partial charge in [-0.2, -0.15) is 10.1 Å². The summed E-state index contributed by atoms with van der Waals surface area (Å²) in [6, 6.07) is 8.95. The van der Waals surface area contributed by atoms with Gasteiger partial charge in [-0.05, 0) is 19.1 Å². The van der Waals surface area contributed by atoms with Crippen molar-refractivity contribution in [1.82, 2.24) is 19.7 Å². The number of hydrogen-bond acceptors (Lipinski definition) is 4. The molecule has 0 spiro atoms. The summed E-state index contributed by atoms with van der Waals surface area (Å²) >= 11 is 0. The van der Waals surface area contributed by atoms with Gasteiger partial charge in [0.05, 0.1) is 17.9 Å². The van der Waals surface area contributed by atoms with Crippen molar-refractivity contribution in [1.29, 1.82) is 0 Å². The quantitative estimate of drug-likeness (QED) is 0.768. The van der Waals surface area contributed by atoms with Gasteiger partial charge >= 0.3 is 0 Å². The topological polar surface area (TPSA) is 75.6 Å². The van der Waals surface area contributed by atoms with Crippen LogP contribution in [0, 0.1) is 0 Å². The molecule has 2 N–H and O–H groups in total. The van der Waals surface area contributed by atoms with Crippen molar-refractivity contribution in [2.24, 2.45) is 0 Å². The summed E-state index contributed by atoms with van der Waals surface area (Å²) in [4.78, 5) is 18.9. The zero-order chi connectivity index (χ0) is 14.8. The zero-order valence-electron chi connectivity index (χ0n) is 11.4. The Morgan fingerprint density at radius 2 is 2.14 bits per heavy atom. The molecule has 2 heterocycles. The second-order valence-corrected chi connectivity index (χ2v) is 4.74. The molecule has 0 aliphatic carbocycles. The molecule has 21 heavy (non-hydrogen) atoms. The van der Waals surface area contributed by atoms with Crippen LogP contribution in [0.2, 0.25) is 0 Å². The first kappa shape index (κ1) is 13.3. The molecule has 0 bridgehead atoms. The normalized spacial score (nSPS) is 12.5. The molecule has 0 saturated heterocycles. The Balaban J connectivity index is 2.14. The van der Waals surface area contributed by atoms with E-state index in [1.54, 1.807) is 11.6 Å². The fourth-order valence-electron chi connectivity index (χ4n) is 2.02. The predicted octanol–water partition coefficient (Wildman–Crippen LogP) is 1.88. The highest BCUT2D eigenvalue weighted by atomic mass is 19.1. The summed E-state index contributed by atoms with van der Waals surface area (Å²) in [7, 11) is 0. The first-order valence-electron chi connectivity index (χ1n) is 6.55. The number of rotatable bonds is 4. The summed E-state index contributed by atoms with van der Waals surface area (Å²) in [5.74, 6) is 0.232. The van der Waals surface area contributed by atoms with Crippen LogP contribution in [0.3, 0.4) is 0 Å². The molecule has 2 aromatic heterocycles. The molecular formula is C14H14FN5O. The molecule has 0 saturated carbocycles. The van der Waals surface area contributed by atoms with Gasteiger partial charge in [-0.15, -0.1) is 0 Å². The van der Waals surface area contributed by atoms with Crippen LogP contribution in [-0.4, -0.2) is 32.5 Å². The Morgan fingerprint density at radius 1 is 1.38 bits per heavy atom. The number of para-hydroxylation sites is 1. The maximum atomic E-state index is 12.6. The molecule has 0 radical (unpaired) electrons. The number of aromatic amines is 1. The first-order valence-corrected chi connectivity index (χ1v) is 6.55. The number of halogens is 1. The van der Waals surface area contributed by atoms with Gasteiger partial charge in [-0.3, -0.25) is 9.78 Å². The summed E-state index contributed by atoms with van der Waals surface area (Å²) in [5.41, 5.74) is 0.921. The summed E-state index contributed by atoms with van der Waals surface area (Å²) in [6.07, 6.45) is 1.47. The van der Waals surface area contributed by atoms with Gasteiger partial charge in [0.25, 0.3) is 5.56 Å². The third kappa shape index (κ3) is 2.49. The minimum atomic E-state index is -0.556. The van der Waals surface area contributed by atoms with Gasteiger partial charge in [0.2, 0.25) is 5.95 Å². The van der Waals surface area contributed by atoms with E-state index >= 15 is 0 Å². The van der Waals surface area contributed by atoms with Crippen LogP contribution in [0.15, 0.2) is 41.3 Å². The Hall–Kier alpha value is -2.70. The number of aromatic nitrogens is 4. The first-order chi connectivity index (χ1) is 10.2. The lowest BCUT2D eigenvalue weighted by Crippen LogP contribution is -2.22. The van der Waals surface area contributed by atoms with E-state index in [1.165, 1.54) is 6.20 Å². The smallest absolute Gasteiger partial charge is 0.263 e. The number of hydrogen-bond donors (Lipinski definition) is 2. The lowest BCUT2D eigenvalue weighted by Gasteiger charge is -2.10. The van der Waals surface area contributed by atoms with Crippen LogP contribution in [0.4, 0.5) is 10.3 Å². The summed E-state index contributed by atoms with van der Waals surface area (Å²) in [5, 5.41) is 7.40. The highest BCUT2D eigenvalue weighted by Gasteiger charge is 2.12. The number of anilines is 1. The van der Waals surface area contributed by atoms with E-state index in [2.05, 4.69) is 20.4 Å². The van der Waals surface area contributed by atoms with Crippen LogP contribution >= 0.6 is 0 Å². The van der Waals surface area contributed by atoms with Crippen LogP contribution in [-0.2, 0) is 0 Å². The third-order valence-electron chi connectivity index (χ3n) is 3.05. The lowest BCUT2D eigenvalue weighted by molar-refractivity contribution is 0.459. The molecule has 1 atom stereocenters. The fourth-order valence-corrected chi connectivity index (χ4v) is 2.02. The van der Waals surface area contributed by atoms with Crippen molar-refractivity contribution in [3.8, 4) is 5.69 Å². The molecule has 3 aromatic rings. The maximum absolute atomic E-state index is 12.6. The summed E-state index contributed by atoms with van der Waals surface area (Å²) < 4.78 is 14.2. The van der Waals surface area contributed by atoms with Crippen molar-refractivity contribution in [2.75, 3.05) is 12.0 Å². The largest absolute Gasteiger partial charge is 0.351 e. The van der Waals surface area contributed by atoms with Crippen LogP contribution < -0.4 is 10.9 Å². The Bertz CT molecular complexity index is 811. The van der Waals surface area contributed by atoms with E-state index in [0.29, 0.717) is 11.0 Å². The van der Waals surface area contributed by atoms with Gasteiger partial charge < -0.3 is 5.32 Å². The molecule has 3 rings (SSSR count). The van der Waals surface area contributed by atoms with E-state index in [4.69, 9.17) is 0 Å². The Labute approximate surface area is 119 Å². The van der Waals surface area contributed by atoms with Crippen molar-refractivity contribution in [3.05, 3.63) is 46.9 Å². The third-order valence-corrected chi connectivity index (χ3v) is 3.05. The average Bonchev–Trinajstić information content (AvgIpc) is 2.92. The Morgan fingerprint density at radius 3 is 2.86 bits per heavy atom. The van der Waals surface area contributed by atoms with E-state index < -0.39 is 12.7 Å². The molecule has 0 amide bonds. The molecule has 6 nitrogen and oxygen atoms in total. The minimum Gasteiger partial charge on any atom is -0.351 e. The van der Waals surface area contributed by atoms with Gasteiger partial charge in [0.1, 0.15) is 12.1 Å². The maximum Gasteiger partial charge on any atom is 0.263 e. The number of nitrogens with one attached hydrogen (secondary N) is 2. The van der Waals surface area contributed by atoms with Crippen LogP contribution in [0.5, 0.6) is 0 Å². The van der Waals surface area contributed by atoms with Crippen molar-refractivity contribution in [3.63, 3.8) is 0 Å². The number of alkyl halides is 1. The minimum absolute atomic E-state index is 0.232. The zero-order valence-corrected chi connectivity index (χ0v) is 11.4. The SMILES string of the molecule is C[C@@H](CF)Nc1nc2c(cnn2-c2ccccc2)c(=O)[nH]1. The standard InChI is InChI=1S/C14H14FN5O/c1-9(7-15)17-14-18-12-11(13(21)19-14)8-16-20(12)10-5-3-2-4-6-10/h2-6,8-9H,7H2,1H3,(H2,17,18,19,21)/t9-/m0/s1. The molecule has 0 aliphatic heterocycles. The molecule has 1 aromatic carbocycles. The predicted molar refractivity (Wildman–Crippen MR) is 78.5 cm³/mol.